The van der Waals surface area contributed by atoms with Gasteiger partial charge in [-0.1, -0.05) is 61.4 Å². The van der Waals surface area contributed by atoms with Crippen LogP contribution in [0.2, 0.25) is 0 Å². The summed E-state index contributed by atoms with van der Waals surface area (Å²) < 4.78 is 0. The van der Waals surface area contributed by atoms with Crippen LogP contribution >= 0.6 is 0 Å². The topological polar surface area (TPSA) is 12.0 Å². The molecule has 0 aromatic heterocycles. The number of hydrogen-bond acceptors (Lipinski definition) is 1. The molecule has 108 valence electrons. The molecule has 1 fully saturated rings. The van der Waals surface area contributed by atoms with Crippen molar-refractivity contribution in [2.24, 2.45) is 5.92 Å². The molecule has 2 aromatic carbocycles. The van der Waals surface area contributed by atoms with Crippen molar-refractivity contribution in [2.75, 3.05) is 0 Å². The molecule has 1 saturated carbocycles. The fraction of sp³-hybridized carbons (Fsp3) is 0.400. The van der Waals surface area contributed by atoms with Crippen molar-refractivity contribution in [3.05, 3.63) is 70.8 Å². The molecule has 1 nitrogen and oxygen atoms in total. The van der Waals surface area contributed by atoms with Crippen LogP contribution in [-0.2, 0) is 6.42 Å². The highest BCUT2D eigenvalue weighted by atomic mass is 15.0. The second-order valence-electron chi connectivity index (χ2n) is 6.75. The van der Waals surface area contributed by atoms with Crippen LogP contribution in [0.5, 0.6) is 0 Å². The third kappa shape index (κ3) is 2.63. The summed E-state index contributed by atoms with van der Waals surface area (Å²) >= 11 is 0. The van der Waals surface area contributed by atoms with Crippen LogP contribution in [0.3, 0.4) is 0 Å². The lowest BCUT2D eigenvalue weighted by Gasteiger charge is -2.31. The normalized spacial score (nSPS) is 18.9. The lowest BCUT2D eigenvalue weighted by molar-refractivity contribution is 0.447. The van der Waals surface area contributed by atoms with Gasteiger partial charge in [0.1, 0.15) is 0 Å². The van der Waals surface area contributed by atoms with E-state index in [4.69, 9.17) is 0 Å². The van der Waals surface area contributed by atoms with E-state index < -0.39 is 0 Å². The Hall–Kier alpha value is -1.60. The minimum Gasteiger partial charge on any atom is -0.304 e. The van der Waals surface area contributed by atoms with E-state index in [-0.39, 0.29) is 0 Å². The van der Waals surface area contributed by atoms with Crippen LogP contribution in [0, 0.1) is 5.92 Å². The largest absolute Gasteiger partial charge is 0.304 e. The molecule has 0 saturated heterocycles. The quantitative estimate of drug-likeness (QED) is 0.870. The van der Waals surface area contributed by atoms with Crippen molar-refractivity contribution in [3.8, 4) is 0 Å². The third-order valence-electron chi connectivity index (χ3n) is 4.95. The molecule has 2 aliphatic carbocycles. The molecule has 2 aromatic rings. The van der Waals surface area contributed by atoms with Gasteiger partial charge in [0.15, 0.2) is 0 Å². The number of hydrogen-bond donors (Lipinski definition) is 1. The van der Waals surface area contributed by atoms with Gasteiger partial charge in [-0.2, -0.15) is 0 Å². The molecule has 0 radical (unpaired) electrons. The Morgan fingerprint density at radius 1 is 0.952 bits per heavy atom. The third-order valence-corrected chi connectivity index (χ3v) is 4.95. The predicted octanol–water partition coefficient (Wildman–Crippen LogP) is 4.46. The Morgan fingerprint density at radius 2 is 1.52 bits per heavy atom. The Labute approximate surface area is 127 Å². The van der Waals surface area contributed by atoms with E-state index in [0.29, 0.717) is 12.1 Å². The van der Waals surface area contributed by atoms with Gasteiger partial charge in [0.25, 0.3) is 0 Å². The SMILES string of the molecule is CC(CC1CC1)NC1c2ccccc2Cc2ccccc21. The number of fused-ring (bicyclic) bond motifs is 2. The zero-order chi connectivity index (χ0) is 14.2. The Balaban J connectivity index is 1.67. The average molecular weight is 277 g/mol. The second kappa shape index (κ2) is 5.31. The second-order valence-corrected chi connectivity index (χ2v) is 6.75. The number of benzene rings is 2. The van der Waals surface area contributed by atoms with E-state index in [2.05, 4.69) is 60.8 Å². The zero-order valence-electron chi connectivity index (χ0n) is 12.7. The summed E-state index contributed by atoms with van der Waals surface area (Å²) in [5.74, 6) is 0.974. The molecule has 0 aliphatic heterocycles. The predicted molar refractivity (Wildman–Crippen MR) is 87.5 cm³/mol. The maximum atomic E-state index is 3.90. The van der Waals surface area contributed by atoms with Gasteiger partial charge in [-0.25, -0.2) is 0 Å². The first kappa shape index (κ1) is 13.1. The van der Waals surface area contributed by atoms with Gasteiger partial charge in [0, 0.05) is 6.04 Å². The monoisotopic (exact) mass is 277 g/mol. The molecule has 1 unspecified atom stereocenters. The lowest BCUT2D eigenvalue weighted by Crippen LogP contribution is -2.34. The lowest BCUT2D eigenvalue weighted by atomic mass is 9.82. The van der Waals surface area contributed by atoms with Crippen LogP contribution in [-0.4, -0.2) is 6.04 Å². The molecule has 0 heterocycles. The summed E-state index contributed by atoms with van der Waals surface area (Å²) in [6.07, 6.45) is 5.26. The van der Waals surface area contributed by atoms with Crippen LogP contribution in [0.15, 0.2) is 48.5 Å². The molecular weight excluding hydrogens is 254 g/mol. The van der Waals surface area contributed by atoms with Crippen molar-refractivity contribution >= 4 is 0 Å². The molecule has 1 atom stereocenters. The Morgan fingerprint density at radius 3 is 2.10 bits per heavy atom. The standard InChI is InChI=1S/C20H23N/c1-14(12-15-10-11-15)21-20-18-8-4-2-6-16(18)13-17-7-3-5-9-19(17)20/h2-9,14-15,20-21H,10-13H2,1H3. The number of rotatable bonds is 4. The van der Waals surface area contributed by atoms with Gasteiger partial charge in [0.2, 0.25) is 0 Å². The minimum atomic E-state index is 0.361. The Bertz CT molecular complexity index is 596. The van der Waals surface area contributed by atoms with Gasteiger partial charge in [-0.3, -0.25) is 0 Å². The summed E-state index contributed by atoms with van der Waals surface area (Å²) in [5.41, 5.74) is 5.90. The van der Waals surface area contributed by atoms with Gasteiger partial charge in [0.05, 0.1) is 6.04 Å². The first-order valence-corrected chi connectivity index (χ1v) is 8.23. The van der Waals surface area contributed by atoms with Gasteiger partial charge < -0.3 is 5.32 Å². The van der Waals surface area contributed by atoms with E-state index in [1.54, 1.807) is 0 Å². The molecule has 4 rings (SSSR count). The van der Waals surface area contributed by atoms with Gasteiger partial charge in [-0.15, -0.1) is 0 Å². The summed E-state index contributed by atoms with van der Waals surface area (Å²) in [4.78, 5) is 0. The summed E-state index contributed by atoms with van der Waals surface area (Å²) in [5, 5.41) is 3.90. The number of nitrogens with one attached hydrogen (secondary N) is 1. The smallest absolute Gasteiger partial charge is 0.0584 e. The van der Waals surface area contributed by atoms with Crippen LogP contribution < -0.4 is 5.32 Å². The molecule has 1 heteroatoms. The molecular formula is C20H23N. The van der Waals surface area contributed by atoms with E-state index in [0.717, 1.165) is 12.3 Å². The first-order valence-electron chi connectivity index (χ1n) is 8.23. The van der Waals surface area contributed by atoms with E-state index in [9.17, 15) is 0 Å². The summed E-state index contributed by atoms with van der Waals surface area (Å²) in [7, 11) is 0. The fourth-order valence-corrected chi connectivity index (χ4v) is 3.71. The zero-order valence-corrected chi connectivity index (χ0v) is 12.7. The molecule has 0 amide bonds. The maximum Gasteiger partial charge on any atom is 0.0584 e. The first-order chi connectivity index (χ1) is 10.3. The fourth-order valence-electron chi connectivity index (χ4n) is 3.71. The van der Waals surface area contributed by atoms with Gasteiger partial charge in [-0.05, 0) is 47.9 Å². The van der Waals surface area contributed by atoms with Crippen LogP contribution in [0.4, 0.5) is 0 Å². The van der Waals surface area contributed by atoms with Crippen molar-refractivity contribution in [3.63, 3.8) is 0 Å². The van der Waals surface area contributed by atoms with Crippen molar-refractivity contribution in [1.29, 1.82) is 0 Å². The van der Waals surface area contributed by atoms with Gasteiger partial charge >= 0.3 is 0 Å². The molecule has 0 bridgehead atoms. The van der Waals surface area contributed by atoms with Crippen LogP contribution in [0.25, 0.3) is 0 Å². The van der Waals surface area contributed by atoms with Crippen molar-refractivity contribution in [1.82, 2.24) is 5.32 Å². The highest BCUT2D eigenvalue weighted by Crippen LogP contribution is 2.37. The minimum absolute atomic E-state index is 0.361. The summed E-state index contributed by atoms with van der Waals surface area (Å²) in [6.45, 7) is 2.35. The summed E-state index contributed by atoms with van der Waals surface area (Å²) in [6, 6.07) is 18.8. The van der Waals surface area contributed by atoms with Crippen LogP contribution in [0.1, 0.15) is 54.5 Å². The average Bonchev–Trinajstić information content (AvgIpc) is 3.31. The Kier molecular flexibility index (Phi) is 3.31. The maximum absolute atomic E-state index is 3.90. The highest BCUT2D eigenvalue weighted by Gasteiger charge is 2.28. The van der Waals surface area contributed by atoms with E-state index in [1.807, 2.05) is 0 Å². The molecule has 2 aliphatic rings. The molecule has 1 N–H and O–H groups in total. The highest BCUT2D eigenvalue weighted by molar-refractivity contribution is 5.48. The van der Waals surface area contributed by atoms with Crippen molar-refractivity contribution < 1.29 is 0 Å². The van der Waals surface area contributed by atoms with E-state index in [1.165, 1.54) is 41.5 Å². The molecule has 0 spiro atoms. The van der Waals surface area contributed by atoms with E-state index >= 15 is 0 Å². The van der Waals surface area contributed by atoms with Crippen molar-refractivity contribution in [2.45, 2.75) is 44.7 Å². The molecule has 21 heavy (non-hydrogen) atoms.